The van der Waals surface area contributed by atoms with Crippen LogP contribution in [0.4, 0.5) is 0 Å². The Labute approximate surface area is 132 Å². The Morgan fingerprint density at radius 1 is 1.10 bits per heavy atom. The third-order valence-corrected chi connectivity index (χ3v) is 3.90. The van der Waals surface area contributed by atoms with E-state index in [1.165, 1.54) is 0 Å². The first-order valence-electron chi connectivity index (χ1n) is 7.89. The van der Waals surface area contributed by atoms with E-state index in [0.29, 0.717) is 12.5 Å². The molecule has 0 saturated carbocycles. The van der Waals surface area contributed by atoms with E-state index in [-0.39, 0.29) is 24.7 Å². The highest BCUT2D eigenvalue weighted by Gasteiger charge is 2.21. The van der Waals surface area contributed by atoms with Crippen molar-refractivity contribution in [1.82, 2.24) is 9.80 Å². The third kappa shape index (κ3) is 7.67. The van der Waals surface area contributed by atoms with E-state index in [9.17, 15) is 9.59 Å². The molecule has 0 aliphatic carbocycles. The molecular formula is C15H27ClN2O3. The first-order valence-corrected chi connectivity index (χ1v) is 8.42. The Morgan fingerprint density at radius 3 is 2.43 bits per heavy atom. The number of hydrogen-bond donors (Lipinski definition) is 0. The highest BCUT2D eigenvalue weighted by Crippen LogP contribution is 2.07. The Kier molecular flexibility index (Phi) is 9.42. The molecule has 0 N–H and O–H groups in total. The van der Waals surface area contributed by atoms with Crippen LogP contribution in [0.3, 0.4) is 0 Å². The topological polar surface area (TPSA) is 49.9 Å². The minimum absolute atomic E-state index is 0.0550. The van der Waals surface area contributed by atoms with Crippen LogP contribution >= 0.6 is 11.6 Å². The molecule has 1 aliphatic heterocycles. The summed E-state index contributed by atoms with van der Waals surface area (Å²) in [6, 6.07) is 0. The molecule has 1 saturated heterocycles. The number of piperazine rings is 1. The van der Waals surface area contributed by atoms with Gasteiger partial charge in [-0.1, -0.05) is 13.3 Å². The maximum absolute atomic E-state index is 12.0. The van der Waals surface area contributed by atoms with Gasteiger partial charge in [0.15, 0.2) is 0 Å². The molecule has 6 heteroatoms. The molecule has 122 valence electrons. The molecule has 1 fully saturated rings. The van der Waals surface area contributed by atoms with E-state index in [2.05, 4.69) is 4.90 Å². The minimum atomic E-state index is -0.266. The van der Waals surface area contributed by atoms with Crippen molar-refractivity contribution < 1.29 is 14.3 Å². The summed E-state index contributed by atoms with van der Waals surface area (Å²) >= 11 is 5.68. The number of halogens is 1. The fourth-order valence-corrected chi connectivity index (χ4v) is 2.39. The zero-order chi connectivity index (χ0) is 15.5. The van der Waals surface area contributed by atoms with Crippen molar-refractivity contribution in [2.75, 3.05) is 45.2 Å². The van der Waals surface area contributed by atoms with Crippen molar-refractivity contribution in [2.24, 2.45) is 0 Å². The Morgan fingerprint density at radius 2 is 1.81 bits per heavy atom. The predicted molar refractivity (Wildman–Crippen MR) is 83.5 cm³/mol. The largest absolute Gasteiger partial charge is 0.466 e. The van der Waals surface area contributed by atoms with Crippen LogP contribution in [-0.2, 0) is 14.3 Å². The van der Waals surface area contributed by atoms with Gasteiger partial charge in [0.25, 0.3) is 0 Å². The molecule has 1 rings (SSSR count). The fourth-order valence-electron chi connectivity index (χ4n) is 2.27. The predicted octanol–water partition coefficient (Wildman–Crippen LogP) is 1.88. The number of esters is 1. The molecule has 0 bridgehead atoms. The number of hydrogen-bond acceptors (Lipinski definition) is 4. The number of amides is 1. The number of carbonyl (C=O) groups is 2. The van der Waals surface area contributed by atoms with Crippen LogP contribution in [0, 0.1) is 0 Å². The van der Waals surface area contributed by atoms with E-state index < -0.39 is 0 Å². The van der Waals surface area contributed by atoms with Gasteiger partial charge in [0.2, 0.25) is 5.91 Å². The molecule has 1 aliphatic rings. The van der Waals surface area contributed by atoms with Crippen LogP contribution in [0.15, 0.2) is 0 Å². The van der Waals surface area contributed by atoms with Crippen molar-refractivity contribution in [3.8, 4) is 0 Å². The Bertz CT molecular complexity index is 318. The molecule has 0 unspecified atom stereocenters. The van der Waals surface area contributed by atoms with Crippen LogP contribution in [0.1, 0.15) is 39.0 Å². The molecule has 0 spiro atoms. The average Bonchev–Trinajstić information content (AvgIpc) is 2.51. The Hall–Kier alpha value is -0.810. The third-order valence-electron chi connectivity index (χ3n) is 3.64. The molecule has 21 heavy (non-hydrogen) atoms. The molecule has 0 aromatic carbocycles. The van der Waals surface area contributed by atoms with Gasteiger partial charge in [-0.25, -0.2) is 0 Å². The minimum Gasteiger partial charge on any atom is -0.466 e. The highest BCUT2D eigenvalue weighted by molar-refractivity contribution is 6.17. The summed E-state index contributed by atoms with van der Waals surface area (Å²) in [4.78, 5) is 27.7. The van der Waals surface area contributed by atoms with Crippen molar-refractivity contribution >= 4 is 23.5 Å². The smallest absolute Gasteiger partial charge is 0.306 e. The SMILES string of the molecule is CCCCOC(=O)CCC(=O)N1CCN(CCCCl)CC1. The molecule has 0 atom stereocenters. The van der Waals surface area contributed by atoms with Gasteiger partial charge in [0.1, 0.15) is 0 Å². The van der Waals surface area contributed by atoms with Gasteiger partial charge in [0.05, 0.1) is 13.0 Å². The van der Waals surface area contributed by atoms with Gasteiger partial charge in [-0.05, 0) is 19.4 Å². The zero-order valence-corrected chi connectivity index (χ0v) is 13.7. The average molecular weight is 319 g/mol. The van der Waals surface area contributed by atoms with E-state index in [0.717, 1.165) is 52.0 Å². The van der Waals surface area contributed by atoms with Crippen molar-refractivity contribution in [3.05, 3.63) is 0 Å². The highest BCUT2D eigenvalue weighted by atomic mass is 35.5. The number of carbonyl (C=O) groups excluding carboxylic acids is 2. The van der Waals surface area contributed by atoms with Gasteiger partial charge in [-0.2, -0.15) is 0 Å². The van der Waals surface area contributed by atoms with Gasteiger partial charge >= 0.3 is 5.97 Å². The summed E-state index contributed by atoms with van der Waals surface area (Å²) in [5.41, 5.74) is 0. The molecule has 0 aromatic heterocycles. The number of ether oxygens (including phenoxy) is 1. The fraction of sp³-hybridized carbons (Fsp3) is 0.867. The maximum Gasteiger partial charge on any atom is 0.306 e. The molecule has 1 amide bonds. The lowest BCUT2D eigenvalue weighted by molar-refractivity contribution is -0.146. The molecule has 5 nitrogen and oxygen atoms in total. The van der Waals surface area contributed by atoms with E-state index in [4.69, 9.17) is 16.3 Å². The molecular weight excluding hydrogens is 292 g/mol. The summed E-state index contributed by atoms with van der Waals surface area (Å²) in [6.07, 6.45) is 3.31. The van der Waals surface area contributed by atoms with Crippen molar-refractivity contribution in [1.29, 1.82) is 0 Å². The lowest BCUT2D eigenvalue weighted by Gasteiger charge is -2.34. The number of rotatable bonds is 9. The summed E-state index contributed by atoms with van der Waals surface area (Å²) in [6.45, 7) is 6.77. The number of alkyl halides is 1. The van der Waals surface area contributed by atoms with Gasteiger partial charge in [-0.15, -0.1) is 11.6 Å². The molecule has 0 aromatic rings. The van der Waals surface area contributed by atoms with Crippen LogP contribution in [0.25, 0.3) is 0 Å². The van der Waals surface area contributed by atoms with E-state index in [1.54, 1.807) is 0 Å². The van der Waals surface area contributed by atoms with Gasteiger partial charge < -0.3 is 9.64 Å². The van der Waals surface area contributed by atoms with E-state index >= 15 is 0 Å². The molecule has 0 radical (unpaired) electrons. The summed E-state index contributed by atoms with van der Waals surface area (Å²) in [5, 5.41) is 0. The second-order valence-electron chi connectivity index (χ2n) is 5.34. The van der Waals surface area contributed by atoms with Crippen molar-refractivity contribution in [2.45, 2.75) is 39.0 Å². The Balaban J connectivity index is 2.14. The lowest BCUT2D eigenvalue weighted by atomic mass is 10.2. The number of nitrogens with zero attached hydrogens (tertiary/aromatic N) is 2. The summed E-state index contributed by atoms with van der Waals surface area (Å²) in [7, 11) is 0. The summed E-state index contributed by atoms with van der Waals surface area (Å²) in [5.74, 6) is 0.469. The van der Waals surface area contributed by atoms with E-state index in [1.807, 2.05) is 11.8 Å². The number of unbranched alkanes of at least 4 members (excludes halogenated alkanes) is 1. The van der Waals surface area contributed by atoms with Gasteiger partial charge in [0, 0.05) is 38.5 Å². The van der Waals surface area contributed by atoms with Crippen LogP contribution < -0.4 is 0 Å². The monoisotopic (exact) mass is 318 g/mol. The maximum atomic E-state index is 12.0. The van der Waals surface area contributed by atoms with Crippen molar-refractivity contribution in [3.63, 3.8) is 0 Å². The first-order chi connectivity index (χ1) is 10.2. The standard InChI is InChI=1S/C15H27ClN2O3/c1-2-3-13-21-15(20)6-5-14(19)18-11-9-17(10-12-18)8-4-7-16/h2-13H2,1H3. The quantitative estimate of drug-likeness (QED) is 0.370. The second-order valence-corrected chi connectivity index (χ2v) is 5.72. The normalized spacial score (nSPS) is 16.0. The van der Waals surface area contributed by atoms with Gasteiger partial charge in [-0.3, -0.25) is 14.5 Å². The van der Waals surface area contributed by atoms with Crippen LogP contribution in [0.5, 0.6) is 0 Å². The lowest BCUT2D eigenvalue weighted by Crippen LogP contribution is -2.48. The van der Waals surface area contributed by atoms with Crippen LogP contribution in [0.2, 0.25) is 0 Å². The summed E-state index contributed by atoms with van der Waals surface area (Å²) < 4.78 is 5.05. The second kappa shape index (κ2) is 10.9. The zero-order valence-electron chi connectivity index (χ0n) is 13.0. The van der Waals surface area contributed by atoms with Crippen LogP contribution in [-0.4, -0.2) is 66.9 Å². The molecule has 1 heterocycles. The first kappa shape index (κ1) is 18.2.